The maximum atomic E-state index is 5.26. The van der Waals surface area contributed by atoms with E-state index in [0.717, 1.165) is 31.3 Å². The standard InChI is InChI=1S/C13H23N3O2/c1-3-17-9-12-15-13(18-16-12)7-10(2)11-5-4-6-14-8-11/h10-11,14H,3-9H2,1-2H3. The summed E-state index contributed by atoms with van der Waals surface area (Å²) in [5.74, 6) is 2.70. The van der Waals surface area contributed by atoms with Gasteiger partial charge >= 0.3 is 0 Å². The second-order valence-electron chi connectivity index (χ2n) is 5.03. The van der Waals surface area contributed by atoms with Crippen molar-refractivity contribution in [2.75, 3.05) is 19.7 Å². The van der Waals surface area contributed by atoms with E-state index in [1.807, 2.05) is 6.92 Å². The first-order valence-corrected chi connectivity index (χ1v) is 6.89. The van der Waals surface area contributed by atoms with Crippen LogP contribution in [0.25, 0.3) is 0 Å². The van der Waals surface area contributed by atoms with Gasteiger partial charge in [0.05, 0.1) is 0 Å². The maximum Gasteiger partial charge on any atom is 0.227 e. The lowest BCUT2D eigenvalue weighted by Gasteiger charge is -2.27. The zero-order valence-corrected chi connectivity index (χ0v) is 11.3. The van der Waals surface area contributed by atoms with Crippen LogP contribution >= 0.6 is 0 Å². The third kappa shape index (κ3) is 3.78. The highest BCUT2D eigenvalue weighted by atomic mass is 16.5. The Bertz CT molecular complexity index is 348. The summed E-state index contributed by atoms with van der Waals surface area (Å²) in [6, 6.07) is 0. The summed E-state index contributed by atoms with van der Waals surface area (Å²) in [6.07, 6.45) is 3.44. The molecule has 2 rings (SSSR count). The molecular formula is C13H23N3O2. The quantitative estimate of drug-likeness (QED) is 0.837. The number of hydrogen-bond acceptors (Lipinski definition) is 5. The van der Waals surface area contributed by atoms with E-state index in [4.69, 9.17) is 9.26 Å². The summed E-state index contributed by atoms with van der Waals surface area (Å²) in [4.78, 5) is 4.36. The molecule has 2 heterocycles. The van der Waals surface area contributed by atoms with Crippen LogP contribution in [0.2, 0.25) is 0 Å². The van der Waals surface area contributed by atoms with Crippen LogP contribution in [0.3, 0.4) is 0 Å². The molecule has 2 atom stereocenters. The molecule has 1 aliphatic heterocycles. The van der Waals surface area contributed by atoms with E-state index in [1.54, 1.807) is 0 Å². The first-order valence-electron chi connectivity index (χ1n) is 6.89. The minimum absolute atomic E-state index is 0.444. The summed E-state index contributed by atoms with van der Waals surface area (Å²) in [7, 11) is 0. The summed E-state index contributed by atoms with van der Waals surface area (Å²) >= 11 is 0. The minimum Gasteiger partial charge on any atom is -0.374 e. The Hall–Kier alpha value is -0.940. The molecule has 1 N–H and O–H groups in total. The average Bonchev–Trinajstić information content (AvgIpc) is 2.85. The van der Waals surface area contributed by atoms with Gasteiger partial charge in [-0.1, -0.05) is 12.1 Å². The van der Waals surface area contributed by atoms with Gasteiger partial charge in [-0.3, -0.25) is 0 Å². The molecule has 102 valence electrons. The van der Waals surface area contributed by atoms with Gasteiger partial charge in [0, 0.05) is 13.0 Å². The van der Waals surface area contributed by atoms with Gasteiger partial charge in [-0.25, -0.2) is 0 Å². The molecule has 1 saturated heterocycles. The van der Waals surface area contributed by atoms with Gasteiger partial charge in [0.15, 0.2) is 5.82 Å². The Morgan fingerprint density at radius 1 is 1.56 bits per heavy atom. The lowest BCUT2D eigenvalue weighted by molar-refractivity contribution is 0.126. The molecule has 0 saturated carbocycles. The second-order valence-corrected chi connectivity index (χ2v) is 5.03. The average molecular weight is 253 g/mol. The van der Waals surface area contributed by atoms with E-state index in [9.17, 15) is 0 Å². The minimum atomic E-state index is 0.444. The number of nitrogens with one attached hydrogen (secondary N) is 1. The first kappa shape index (κ1) is 13.5. The third-order valence-electron chi connectivity index (χ3n) is 3.58. The van der Waals surface area contributed by atoms with Crippen LogP contribution in [0.5, 0.6) is 0 Å². The van der Waals surface area contributed by atoms with Crippen molar-refractivity contribution < 1.29 is 9.26 Å². The Morgan fingerprint density at radius 2 is 2.44 bits per heavy atom. The number of piperidine rings is 1. The van der Waals surface area contributed by atoms with Gasteiger partial charge in [0.2, 0.25) is 5.89 Å². The first-order chi connectivity index (χ1) is 8.79. The number of aromatic nitrogens is 2. The highest BCUT2D eigenvalue weighted by molar-refractivity contribution is 4.88. The maximum absolute atomic E-state index is 5.26. The summed E-state index contributed by atoms with van der Waals surface area (Å²) in [5.41, 5.74) is 0. The Kier molecular flexibility index (Phi) is 5.13. The molecule has 2 unspecified atom stereocenters. The van der Waals surface area contributed by atoms with Crippen LogP contribution < -0.4 is 5.32 Å². The summed E-state index contributed by atoms with van der Waals surface area (Å²) in [5, 5.41) is 7.37. The van der Waals surface area contributed by atoms with E-state index in [0.29, 0.717) is 25.0 Å². The second kappa shape index (κ2) is 6.85. The predicted octanol–water partition coefficient (Wildman–Crippen LogP) is 1.78. The topological polar surface area (TPSA) is 60.2 Å². The molecule has 1 fully saturated rings. The van der Waals surface area contributed by atoms with Crippen LogP contribution in [-0.2, 0) is 17.8 Å². The number of nitrogens with zero attached hydrogens (tertiary/aromatic N) is 2. The predicted molar refractivity (Wildman–Crippen MR) is 68.1 cm³/mol. The molecule has 0 amide bonds. The van der Waals surface area contributed by atoms with Crippen molar-refractivity contribution >= 4 is 0 Å². The third-order valence-corrected chi connectivity index (χ3v) is 3.58. The number of ether oxygens (including phenoxy) is 1. The van der Waals surface area contributed by atoms with E-state index in [-0.39, 0.29) is 0 Å². The number of hydrogen-bond donors (Lipinski definition) is 1. The van der Waals surface area contributed by atoms with Gasteiger partial charge in [-0.05, 0) is 44.7 Å². The van der Waals surface area contributed by atoms with Crippen molar-refractivity contribution in [3.05, 3.63) is 11.7 Å². The summed E-state index contributed by atoms with van der Waals surface area (Å²) in [6.45, 7) is 7.61. The molecule has 18 heavy (non-hydrogen) atoms. The molecule has 0 bridgehead atoms. The van der Waals surface area contributed by atoms with Gasteiger partial charge in [0.25, 0.3) is 0 Å². The largest absolute Gasteiger partial charge is 0.374 e. The van der Waals surface area contributed by atoms with Gasteiger partial charge in [-0.2, -0.15) is 4.98 Å². The van der Waals surface area contributed by atoms with Crippen LogP contribution in [0.4, 0.5) is 0 Å². The zero-order valence-electron chi connectivity index (χ0n) is 11.3. The highest BCUT2D eigenvalue weighted by Crippen LogP contribution is 2.22. The van der Waals surface area contributed by atoms with Crippen molar-refractivity contribution in [3.63, 3.8) is 0 Å². The Morgan fingerprint density at radius 3 is 3.17 bits per heavy atom. The van der Waals surface area contributed by atoms with E-state index < -0.39 is 0 Å². The lowest BCUT2D eigenvalue weighted by atomic mass is 9.85. The molecule has 1 aromatic heterocycles. The fourth-order valence-corrected chi connectivity index (χ4v) is 2.43. The summed E-state index contributed by atoms with van der Waals surface area (Å²) < 4.78 is 10.5. The fraction of sp³-hybridized carbons (Fsp3) is 0.846. The SMILES string of the molecule is CCOCc1noc(CC(C)C2CCCNC2)n1. The lowest BCUT2D eigenvalue weighted by Crippen LogP contribution is -2.33. The van der Waals surface area contributed by atoms with Crippen LogP contribution in [0.15, 0.2) is 4.52 Å². The smallest absolute Gasteiger partial charge is 0.227 e. The van der Waals surface area contributed by atoms with Crippen molar-refractivity contribution in [2.24, 2.45) is 11.8 Å². The van der Waals surface area contributed by atoms with Gasteiger partial charge < -0.3 is 14.6 Å². The molecule has 1 aromatic rings. The van der Waals surface area contributed by atoms with Gasteiger partial charge in [-0.15, -0.1) is 0 Å². The molecule has 5 nitrogen and oxygen atoms in total. The Balaban J connectivity index is 1.82. The molecule has 1 aliphatic rings. The van der Waals surface area contributed by atoms with Crippen molar-refractivity contribution in [1.29, 1.82) is 0 Å². The van der Waals surface area contributed by atoms with Crippen molar-refractivity contribution in [1.82, 2.24) is 15.5 Å². The Labute approximate surface area is 108 Å². The molecular weight excluding hydrogens is 230 g/mol. The molecule has 5 heteroatoms. The molecule has 0 spiro atoms. The molecule has 0 aromatic carbocycles. The van der Waals surface area contributed by atoms with Crippen LogP contribution in [-0.4, -0.2) is 29.8 Å². The van der Waals surface area contributed by atoms with Crippen LogP contribution in [0, 0.1) is 11.8 Å². The van der Waals surface area contributed by atoms with Gasteiger partial charge in [0.1, 0.15) is 6.61 Å². The normalized spacial score (nSPS) is 22.0. The van der Waals surface area contributed by atoms with Crippen LogP contribution in [0.1, 0.15) is 38.4 Å². The molecule has 0 aliphatic carbocycles. The molecule has 0 radical (unpaired) electrons. The monoisotopic (exact) mass is 253 g/mol. The van der Waals surface area contributed by atoms with E-state index in [1.165, 1.54) is 12.8 Å². The number of rotatable bonds is 6. The zero-order chi connectivity index (χ0) is 12.8. The fourth-order valence-electron chi connectivity index (χ4n) is 2.43. The van der Waals surface area contributed by atoms with E-state index >= 15 is 0 Å². The van der Waals surface area contributed by atoms with E-state index in [2.05, 4.69) is 22.4 Å². The van der Waals surface area contributed by atoms with Crippen molar-refractivity contribution in [2.45, 2.75) is 39.7 Å². The highest BCUT2D eigenvalue weighted by Gasteiger charge is 2.22. The van der Waals surface area contributed by atoms with Crippen molar-refractivity contribution in [3.8, 4) is 0 Å².